The van der Waals surface area contributed by atoms with Crippen molar-refractivity contribution in [2.75, 3.05) is 12.3 Å². The van der Waals surface area contributed by atoms with Crippen LogP contribution in [0, 0.1) is 5.92 Å². The van der Waals surface area contributed by atoms with Gasteiger partial charge in [-0.2, -0.15) is 0 Å². The summed E-state index contributed by atoms with van der Waals surface area (Å²) in [5.74, 6) is 0.720. The number of anilines is 1. The molecule has 0 aliphatic heterocycles. The summed E-state index contributed by atoms with van der Waals surface area (Å²) in [6.07, 6.45) is 5.30. The lowest BCUT2D eigenvalue weighted by Crippen LogP contribution is -2.31. The first kappa shape index (κ1) is 9.53. The van der Waals surface area contributed by atoms with Gasteiger partial charge in [0.15, 0.2) is 11.5 Å². The van der Waals surface area contributed by atoms with Crippen molar-refractivity contribution in [3.63, 3.8) is 0 Å². The van der Waals surface area contributed by atoms with E-state index in [1.54, 1.807) is 6.33 Å². The van der Waals surface area contributed by atoms with Gasteiger partial charge in [0.1, 0.15) is 11.8 Å². The van der Waals surface area contributed by atoms with Crippen molar-refractivity contribution in [2.45, 2.75) is 18.9 Å². The number of nitrogens with zero attached hydrogens (tertiary/aromatic N) is 4. The summed E-state index contributed by atoms with van der Waals surface area (Å²) < 4.78 is 2.00. The molecule has 0 bridgehead atoms. The minimum absolute atomic E-state index is 0.213. The molecule has 2 aromatic rings. The van der Waals surface area contributed by atoms with E-state index in [9.17, 15) is 5.11 Å². The van der Waals surface area contributed by atoms with Gasteiger partial charge in [0, 0.05) is 18.6 Å². The Morgan fingerprint density at radius 3 is 2.94 bits per heavy atom. The molecule has 0 saturated heterocycles. The van der Waals surface area contributed by atoms with Crippen LogP contribution in [-0.4, -0.2) is 31.2 Å². The van der Waals surface area contributed by atoms with E-state index in [2.05, 4.69) is 15.0 Å². The number of nitrogen functional groups attached to an aromatic ring is 1. The molecular formula is C10H13N5O. The molecular weight excluding hydrogens is 206 g/mol. The summed E-state index contributed by atoms with van der Waals surface area (Å²) in [7, 11) is 0. The summed E-state index contributed by atoms with van der Waals surface area (Å²) in [4.78, 5) is 12.3. The second kappa shape index (κ2) is 3.41. The quantitative estimate of drug-likeness (QED) is 0.760. The zero-order valence-electron chi connectivity index (χ0n) is 8.74. The Morgan fingerprint density at radius 2 is 2.25 bits per heavy atom. The molecule has 1 fully saturated rings. The predicted molar refractivity (Wildman–Crippen MR) is 58.6 cm³/mol. The summed E-state index contributed by atoms with van der Waals surface area (Å²) >= 11 is 0. The predicted octanol–water partition coefficient (Wildman–Crippen LogP) is 0.352. The molecule has 1 aliphatic carbocycles. The topological polar surface area (TPSA) is 89.9 Å². The first-order chi connectivity index (χ1) is 7.81. The first-order valence-corrected chi connectivity index (χ1v) is 5.35. The Kier molecular flexibility index (Phi) is 2.03. The van der Waals surface area contributed by atoms with Gasteiger partial charge in [0.2, 0.25) is 0 Å². The number of aliphatic hydroxyl groups excluding tert-OH is 1. The Balaban J connectivity index is 2.08. The third kappa shape index (κ3) is 1.19. The van der Waals surface area contributed by atoms with Crippen LogP contribution in [0.4, 0.5) is 5.82 Å². The molecule has 1 saturated carbocycles. The average Bonchev–Trinajstić information content (AvgIpc) is 2.63. The standard InChI is InChI=1S/C10H13N5O/c11-9-8-10(13-4-12-9)15(5-14-8)7-2-1-6(7)3-16/h4-7,16H,1-3H2,(H2,11,12,13)/t6-,7-/m0/s1. The lowest BCUT2D eigenvalue weighted by Gasteiger charge is -2.36. The highest BCUT2D eigenvalue weighted by Gasteiger charge is 2.32. The van der Waals surface area contributed by atoms with Gasteiger partial charge < -0.3 is 15.4 Å². The smallest absolute Gasteiger partial charge is 0.165 e. The summed E-state index contributed by atoms with van der Waals surface area (Å²) in [6, 6.07) is 0.296. The molecule has 2 aromatic heterocycles. The molecule has 84 valence electrons. The number of aliphatic hydroxyl groups is 1. The number of fused-ring (bicyclic) bond motifs is 1. The Labute approximate surface area is 92.1 Å². The highest BCUT2D eigenvalue weighted by Crippen LogP contribution is 2.39. The molecule has 0 aromatic carbocycles. The highest BCUT2D eigenvalue weighted by molar-refractivity contribution is 5.81. The van der Waals surface area contributed by atoms with Crippen molar-refractivity contribution in [3.05, 3.63) is 12.7 Å². The van der Waals surface area contributed by atoms with Crippen LogP contribution in [-0.2, 0) is 0 Å². The molecule has 6 nitrogen and oxygen atoms in total. The number of hydrogen-bond acceptors (Lipinski definition) is 5. The number of nitrogens with two attached hydrogens (primary N) is 1. The average molecular weight is 219 g/mol. The van der Waals surface area contributed by atoms with Gasteiger partial charge >= 0.3 is 0 Å². The molecule has 0 radical (unpaired) electrons. The molecule has 0 amide bonds. The van der Waals surface area contributed by atoms with E-state index in [0.717, 1.165) is 18.5 Å². The molecule has 1 aliphatic rings. The monoisotopic (exact) mass is 219 g/mol. The fraction of sp³-hybridized carbons (Fsp3) is 0.500. The Hall–Kier alpha value is -1.69. The van der Waals surface area contributed by atoms with Gasteiger partial charge in [0.05, 0.1) is 6.33 Å². The summed E-state index contributed by atoms with van der Waals surface area (Å²) in [6.45, 7) is 0.213. The maximum Gasteiger partial charge on any atom is 0.165 e. The van der Waals surface area contributed by atoms with Gasteiger partial charge in [-0.3, -0.25) is 0 Å². The van der Waals surface area contributed by atoms with Crippen LogP contribution in [0.2, 0.25) is 0 Å². The second-order valence-corrected chi connectivity index (χ2v) is 4.17. The van der Waals surface area contributed by atoms with Crippen LogP contribution in [0.3, 0.4) is 0 Å². The number of aromatic nitrogens is 4. The van der Waals surface area contributed by atoms with Gasteiger partial charge in [-0.25, -0.2) is 15.0 Å². The van der Waals surface area contributed by atoms with Gasteiger partial charge in [-0.05, 0) is 12.8 Å². The van der Waals surface area contributed by atoms with E-state index in [1.807, 2.05) is 4.57 Å². The van der Waals surface area contributed by atoms with Gasteiger partial charge in [-0.1, -0.05) is 0 Å². The van der Waals surface area contributed by atoms with E-state index in [0.29, 0.717) is 23.3 Å². The van der Waals surface area contributed by atoms with Crippen molar-refractivity contribution in [1.82, 2.24) is 19.5 Å². The largest absolute Gasteiger partial charge is 0.396 e. The lowest BCUT2D eigenvalue weighted by molar-refractivity contribution is 0.0993. The molecule has 2 atom stereocenters. The minimum atomic E-state index is 0.213. The van der Waals surface area contributed by atoms with Crippen LogP contribution < -0.4 is 5.73 Å². The lowest BCUT2D eigenvalue weighted by atomic mass is 9.80. The van der Waals surface area contributed by atoms with Crippen LogP contribution in [0.25, 0.3) is 11.2 Å². The van der Waals surface area contributed by atoms with E-state index in [4.69, 9.17) is 5.73 Å². The zero-order chi connectivity index (χ0) is 11.1. The number of rotatable bonds is 2. The molecule has 2 heterocycles. The first-order valence-electron chi connectivity index (χ1n) is 5.35. The normalized spacial score (nSPS) is 24.6. The Morgan fingerprint density at radius 1 is 1.38 bits per heavy atom. The molecule has 3 rings (SSSR count). The molecule has 0 spiro atoms. The van der Waals surface area contributed by atoms with Crippen LogP contribution in [0.15, 0.2) is 12.7 Å². The summed E-state index contributed by atoms with van der Waals surface area (Å²) in [5.41, 5.74) is 7.12. The van der Waals surface area contributed by atoms with Crippen molar-refractivity contribution in [3.8, 4) is 0 Å². The maximum absolute atomic E-state index is 9.19. The fourth-order valence-corrected chi connectivity index (χ4v) is 2.24. The van der Waals surface area contributed by atoms with Crippen LogP contribution >= 0.6 is 0 Å². The maximum atomic E-state index is 9.19. The van der Waals surface area contributed by atoms with E-state index in [-0.39, 0.29) is 6.61 Å². The number of imidazole rings is 1. The number of hydrogen-bond donors (Lipinski definition) is 2. The second-order valence-electron chi connectivity index (χ2n) is 4.17. The van der Waals surface area contributed by atoms with Gasteiger partial charge in [-0.15, -0.1) is 0 Å². The Bertz CT molecular complexity index is 521. The van der Waals surface area contributed by atoms with E-state index < -0.39 is 0 Å². The summed E-state index contributed by atoms with van der Waals surface area (Å²) in [5, 5.41) is 9.19. The van der Waals surface area contributed by atoms with E-state index >= 15 is 0 Å². The van der Waals surface area contributed by atoms with E-state index in [1.165, 1.54) is 6.33 Å². The van der Waals surface area contributed by atoms with Crippen molar-refractivity contribution in [2.24, 2.45) is 5.92 Å². The molecule has 0 unspecified atom stereocenters. The third-order valence-corrected chi connectivity index (χ3v) is 3.36. The van der Waals surface area contributed by atoms with Crippen molar-refractivity contribution in [1.29, 1.82) is 0 Å². The van der Waals surface area contributed by atoms with Crippen molar-refractivity contribution >= 4 is 17.0 Å². The third-order valence-electron chi connectivity index (χ3n) is 3.36. The highest BCUT2D eigenvalue weighted by atomic mass is 16.3. The molecule has 16 heavy (non-hydrogen) atoms. The van der Waals surface area contributed by atoms with Crippen molar-refractivity contribution < 1.29 is 5.11 Å². The molecule has 3 N–H and O–H groups in total. The molecule has 6 heteroatoms. The van der Waals surface area contributed by atoms with Gasteiger partial charge in [0.25, 0.3) is 0 Å². The van der Waals surface area contributed by atoms with Crippen LogP contribution in [0.1, 0.15) is 18.9 Å². The van der Waals surface area contributed by atoms with Crippen LogP contribution in [0.5, 0.6) is 0 Å². The minimum Gasteiger partial charge on any atom is -0.396 e. The SMILES string of the molecule is Nc1ncnc2c1ncn2[C@H]1CC[C@H]1CO. The zero-order valence-corrected chi connectivity index (χ0v) is 8.74. The fourth-order valence-electron chi connectivity index (χ4n) is 2.24.